The zero-order chi connectivity index (χ0) is 15.1. The number of allylic oxidation sites excluding steroid dienone is 6. The molecule has 0 atom stereocenters. The second kappa shape index (κ2) is 6.98. The average Bonchev–Trinajstić information content (AvgIpc) is 2.39. The van der Waals surface area contributed by atoms with Crippen LogP contribution in [0.15, 0.2) is 47.6 Å². The van der Waals surface area contributed by atoms with Gasteiger partial charge in [-0.1, -0.05) is 12.2 Å². The summed E-state index contributed by atoms with van der Waals surface area (Å²) in [6.07, 6.45) is 7.09. The molecule has 0 amide bonds. The first-order valence-electron chi connectivity index (χ1n) is 5.70. The highest BCUT2D eigenvalue weighted by atomic mass is 17.2. The lowest BCUT2D eigenvalue weighted by Gasteiger charge is -2.09. The molecule has 0 aliphatic carbocycles. The molecule has 0 aromatic rings. The summed E-state index contributed by atoms with van der Waals surface area (Å²) < 4.78 is 0. The molecule has 0 radical (unpaired) electrons. The van der Waals surface area contributed by atoms with Gasteiger partial charge in [0.2, 0.25) is 0 Å². The lowest BCUT2D eigenvalue weighted by molar-refractivity contribution is -0.251. The lowest BCUT2D eigenvalue weighted by atomic mass is 9.99. The highest BCUT2D eigenvalue weighted by molar-refractivity contribution is 6.28. The van der Waals surface area contributed by atoms with Crippen LogP contribution < -0.4 is 0 Å². The predicted octanol–water partition coefficient (Wildman–Crippen LogP) is 1.14. The molecule has 0 aromatic carbocycles. The van der Waals surface area contributed by atoms with E-state index in [2.05, 4.69) is 9.78 Å². The van der Waals surface area contributed by atoms with Crippen LogP contribution in [-0.4, -0.2) is 23.5 Å². The van der Waals surface area contributed by atoms with Crippen LogP contribution >= 0.6 is 0 Å². The van der Waals surface area contributed by atoms with Crippen LogP contribution in [0.4, 0.5) is 0 Å². The Balaban J connectivity index is 3.48. The van der Waals surface area contributed by atoms with Crippen LogP contribution in [0.3, 0.4) is 0 Å². The maximum absolute atomic E-state index is 11.9. The minimum absolute atomic E-state index is 0.229. The largest absolute Gasteiger partial charge is 0.391 e. The molecule has 1 aliphatic rings. The molecule has 0 saturated heterocycles. The van der Waals surface area contributed by atoms with Gasteiger partial charge in [-0.3, -0.25) is 9.59 Å². The molecule has 0 aromatic heterocycles. The second-order valence-corrected chi connectivity index (χ2v) is 3.62. The van der Waals surface area contributed by atoms with Crippen molar-refractivity contribution in [3.05, 3.63) is 47.6 Å². The van der Waals surface area contributed by atoms with Crippen LogP contribution in [0.1, 0.15) is 13.8 Å². The van der Waals surface area contributed by atoms with E-state index in [4.69, 9.17) is 0 Å². The van der Waals surface area contributed by atoms with Gasteiger partial charge in [-0.15, -0.1) is 0 Å². The number of hydrogen-bond donors (Lipinski definition) is 0. The number of carbonyl (C=O) groups is 4. The van der Waals surface area contributed by atoms with Gasteiger partial charge >= 0.3 is 11.9 Å². The summed E-state index contributed by atoms with van der Waals surface area (Å²) in [7, 11) is 0. The van der Waals surface area contributed by atoms with Crippen molar-refractivity contribution in [1.82, 2.24) is 0 Å². The molecule has 0 unspecified atom stereocenters. The van der Waals surface area contributed by atoms with Crippen molar-refractivity contribution in [2.45, 2.75) is 13.8 Å². The molecule has 0 spiro atoms. The van der Waals surface area contributed by atoms with Gasteiger partial charge in [-0.2, -0.15) is 0 Å². The van der Waals surface area contributed by atoms with Gasteiger partial charge in [0.25, 0.3) is 0 Å². The number of carbonyl (C=O) groups excluding carboxylic acids is 4. The molecule has 6 heteroatoms. The molecule has 1 heterocycles. The van der Waals surface area contributed by atoms with E-state index in [1.807, 2.05) is 0 Å². The molecule has 1 rings (SSSR count). The first kappa shape index (κ1) is 15.3. The van der Waals surface area contributed by atoms with Gasteiger partial charge < -0.3 is 0 Å². The fourth-order valence-corrected chi connectivity index (χ4v) is 1.41. The summed E-state index contributed by atoms with van der Waals surface area (Å²) in [6.45, 7) is 3.18. The monoisotopic (exact) mass is 276 g/mol. The van der Waals surface area contributed by atoms with E-state index in [9.17, 15) is 19.2 Å². The zero-order valence-electron chi connectivity index (χ0n) is 10.9. The summed E-state index contributed by atoms with van der Waals surface area (Å²) in [5.74, 6) is -3.46. The summed E-state index contributed by atoms with van der Waals surface area (Å²) in [5, 5.41) is 0. The van der Waals surface area contributed by atoms with E-state index in [1.54, 1.807) is 13.8 Å². The van der Waals surface area contributed by atoms with Crippen LogP contribution in [0.25, 0.3) is 0 Å². The van der Waals surface area contributed by atoms with Gasteiger partial charge in [0.05, 0.1) is 0 Å². The van der Waals surface area contributed by atoms with Crippen molar-refractivity contribution < 1.29 is 29.0 Å². The Morgan fingerprint density at radius 3 is 2.15 bits per heavy atom. The van der Waals surface area contributed by atoms with Crippen LogP contribution in [-0.2, 0) is 29.0 Å². The maximum Gasteiger partial charge on any atom is 0.391 e. The molecule has 104 valence electrons. The Morgan fingerprint density at radius 1 is 0.950 bits per heavy atom. The minimum Gasteiger partial charge on any atom is -0.289 e. The average molecular weight is 276 g/mol. The fraction of sp³-hybridized carbons (Fsp3) is 0.143. The Kier molecular flexibility index (Phi) is 5.34. The van der Waals surface area contributed by atoms with Crippen molar-refractivity contribution >= 4 is 23.5 Å². The zero-order valence-corrected chi connectivity index (χ0v) is 10.9. The van der Waals surface area contributed by atoms with E-state index >= 15 is 0 Å². The Bertz CT molecular complexity index is 574. The summed E-state index contributed by atoms with van der Waals surface area (Å²) in [6, 6.07) is 0. The molecule has 20 heavy (non-hydrogen) atoms. The molecule has 6 nitrogen and oxygen atoms in total. The highest BCUT2D eigenvalue weighted by Gasteiger charge is 2.28. The number of rotatable bonds is 4. The standard InChI is InChI=1S/C14H12O6/c1-3-5-10(15)9-7-8-12(17)19-20-14(18)13(9)11(16)6-4-2/h3-8H,1-2H3/b5-3+,6-4+,8-7-,13-9-. The van der Waals surface area contributed by atoms with E-state index < -0.39 is 29.1 Å². The van der Waals surface area contributed by atoms with Crippen LogP contribution in [0.5, 0.6) is 0 Å². The van der Waals surface area contributed by atoms with Gasteiger partial charge in [-0.25, -0.2) is 19.4 Å². The first-order chi connectivity index (χ1) is 9.51. The van der Waals surface area contributed by atoms with Crippen molar-refractivity contribution in [3.8, 4) is 0 Å². The molecular formula is C14H12O6. The number of hydrogen-bond acceptors (Lipinski definition) is 6. The van der Waals surface area contributed by atoms with Crippen molar-refractivity contribution in [2.75, 3.05) is 0 Å². The summed E-state index contributed by atoms with van der Waals surface area (Å²) in [5.41, 5.74) is -0.720. The van der Waals surface area contributed by atoms with Crippen molar-refractivity contribution in [1.29, 1.82) is 0 Å². The van der Waals surface area contributed by atoms with Crippen LogP contribution in [0.2, 0.25) is 0 Å². The smallest absolute Gasteiger partial charge is 0.289 e. The summed E-state index contributed by atoms with van der Waals surface area (Å²) >= 11 is 0. The van der Waals surface area contributed by atoms with Crippen molar-refractivity contribution in [3.63, 3.8) is 0 Å². The Morgan fingerprint density at radius 2 is 1.55 bits per heavy atom. The maximum atomic E-state index is 11.9. The van der Waals surface area contributed by atoms with Crippen LogP contribution in [0, 0.1) is 0 Å². The van der Waals surface area contributed by atoms with E-state index in [0.717, 1.165) is 18.2 Å². The molecule has 0 fully saturated rings. The van der Waals surface area contributed by atoms with E-state index in [0.29, 0.717) is 0 Å². The van der Waals surface area contributed by atoms with E-state index in [-0.39, 0.29) is 5.57 Å². The molecule has 0 bridgehead atoms. The highest BCUT2D eigenvalue weighted by Crippen LogP contribution is 2.15. The van der Waals surface area contributed by atoms with Gasteiger partial charge in [-0.05, 0) is 32.1 Å². The topological polar surface area (TPSA) is 86.7 Å². The molecule has 0 N–H and O–H groups in total. The fourth-order valence-electron chi connectivity index (χ4n) is 1.41. The summed E-state index contributed by atoms with van der Waals surface area (Å²) in [4.78, 5) is 54.9. The Labute approximate surface area is 115 Å². The SMILES string of the molecule is C/C=C/C(=O)C1=C(/C(=O)/C=C/C)C(=O)OOC(=O)/C=C\1. The molecule has 0 saturated carbocycles. The van der Waals surface area contributed by atoms with Gasteiger partial charge in [0.15, 0.2) is 11.6 Å². The molecule has 1 aliphatic heterocycles. The molecular weight excluding hydrogens is 264 g/mol. The third-order valence-corrected chi connectivity index (χ3v) is 2.21. The second-order valence-electron chi connectivity index (χ2n) is 3.62. The van der Waals surface area contributed by atoms with Gasteiger partial charge in [0.1, 0.15) is 5.57 Å². The number of ketones is 2. The quantitative estimate of drug-likeness (QED) is 0.435. The van der Waals surface area contributed by atoms with Gasteiger partial charge in [0, 0.05) is 11.6 Å². The van der Waals surface area contributed by atoms with E-state index in [1.165, 1.54) is 18.2 Å². The van der Waals surface area contributed by atoms with Crippen molar-refractivity contribution in [2.24, 2.45) is 0 Å². The third kappa shape index (κ3) is 3.61. The lowest BCUT2D eigenvalue weighted by Crippen LogP contribution is -2.22. The Hall–Kier alpha value is -2.76. The predicted molar refractivity (Wildman–Crippen MR) is 68.0 cm³/mol. The third-order valence-electron chi connectivity index (χ3n) is 2.21. The normalized spacial score (nSPS) is 21.3. The minimum atomic E-state index is -1.20. The first-order valence-corrected chi connectivity index (χ1v) is 5.70.